The van der Waals surface area contributed by atoms with Gasteiger partial charge in [0, 0.05) is 12.9 Å². The highest BCUT2D eigenvalue weighted by Crippen LogP contribution is 2.12. The zero-order valence-electron chi connectivity index (χ0n) is 7.38. The summed E-state index contributed by atoms with van der Waals surface area (Å²) in [6.07, 6.45) is 0. The second-order valence-electron chi connectivity index (χ2n) is 2.25. The Morgan fingerprint density at radius 1 is 1.62 bits per heavy atom. The summed E-state index contributed by atoms with van der Waals surface area (Å²) in [5.41, 5.74) is 0. The standard InChI is InChI=1S/C6H12N4O2S/c1-12-4-5-13-6-7-8-9-10(6)2-3-11/h11H,2-5H2,1H3. The van der Waals surface area contributed by atoms with Crippen molar-refractivity contribution in [2.75, 3.05) is 26.1 Å². The van der Waals surface area contributed by atoms with Crippen LogP contribution in [0.1, 0.15) is 0 Å². The highest BCUT2D eigenvalue weighted by molar-refractivity contribution is 7.99. The smallest absolute Gasteiger partial charge is 0.209 e. The van der Waals surface area contributed by atoms with E-state index in [1.807, 2.05) is 0 Å². The van der Waals surface area contributed by atoms with Gasteiger partial charge in [-0.2, -0.15) is 0 Å². The van der Waals surface area contributed by atoms with Crippen molar-refractivity contribution in [3.05, 3.63) is 0 Å². The second kappa shape index (κ2) is 5.90. The summed E-state index contributed by atoms with van der Waals surface area (Å²) in [4.78, 5) is 0. The number of aliphatic hydroxyl groups is 1. The number of aliphatic hydroxyl groups excluding tert-OH is 1. The maximum atomic E-state index is 8.68. The molecule has 1 N–H and O–H groups in total. The molecule has 0 aliphatic rings. The molecule has 7 heteroatoms. The van der Waals surface area contributed by atoms with Crippen LogP contribution >= 0.6 is 11.8 Å². The van der Waals surface area contributed by atoms with Gasteiger partial charge in [0.1, 0.15) is 0 Å². The van der Waals surface area contributed by atoms with Crippen molar-refractivity contribution in [2.45, 2.75) is 11.7 Å². The van der Waals surface area contributed by atoms with Crippen molar-refractivity contribution in [2.24, 2.45) is 0 Å². The van der Waals surface area contributed by atoms with Crippen LogP contribution in [0, 0.1) is 0 Å². The Balaban J connectivity index is 2.40. The van der Waals surface area contributed by atoms with E-state index < -0.39 is 0 Å². The summed E-state index contributed by atoms with van der Waals surface area (Å²) in [5.74, 6) is 0.808. The lowest BCUT2D eigenvalue weighted by Crippen LogP contribution is -2.06. The first-order chi connectivity index (χ1) is 6.38. The minimum absolute atomic E-state index is 0.0445. The number of ether oxygens (including phenoxy) is 1. The van der Waals surface area contributed by atoms with Gasteiger partial charge in [-0.1, -0.05) is 11.8 Å². The molecule has 1 aromatic heterocycles. The summed E-state index contributed by atoms with van der Waals surface area (Å²) < 4.78 is 6.46. The third-order valence-corrected chi connectivity index (χ3v) is 2.25. The van der Waals surface area contributed by atoms with Crippen molar-refractivity contribution < 1.29 is 9.84 Å². The largest absolute Gasteiger partial charge is 0.394 e. The molecule has 0 saturated heterocycles. The fraction of sp³-hybridized carbons (Fsp3) is 0.833. The first kappa shape index (κ1) is 10.4. The van der Waals surface area contributed by atoms with Gasteiger partial charge in [0.25, 0.3) is 0 Å². The van der Waals surface area contributed by atoms with Crippen LogP contribution in [0.3, 0.4) is 0 Å². The molecule has 1 heterocycles. The molecule has 0 fully saturated rings. The normalized spacial score (nSPS) is 10.6. The topological polar surface area (TPSA) is 73.1 Å². The monoisotopic (exact) mass is 204 g/mol. The van der Waals surface area contributed by atoms with E-state index >= 15 is 0 Å². The van der Waals surface area contributed by atoms with E-state index in [0.29, 0.717) is 18.3 Å². The van der Waals surface area contributed by atoms with Crippen LogP contribution < -0.4 is 0 Å². The fourth-order valence-corrected chi connectivity index (χ4v) is 1.55. The van der Waals surface area contributed by atoms with E-state index in [-0.39, 0.29) is 6.61 Å². The van der Waals surface area contributed by atoms with E-state index in [1.54, 1.807) is 11.8 Å². The van der Waals surface area contributed by atoms with E-state index in [0.717, 1.165) is 5.75 Å². The highest BCUT2D eigenvalue weighted by atomic mass is 32.2. The Bertz CT molecular complexity index is 242. The number of nitrogens with zero attached hydrogens (tertiary/aromatic N) is 4. The zero-order valence-corrected chi connectivity index (χ0v) is 8.20. The van der Waals surface area contributed by atoms with E-state index in [2.05, 4.69) is 15.5 Å². The van der Waals surface area contributed by atoms with Gasteiger partial charge in [0.15, 0.2) is 0 Å². The number of hydrogen-bond acceptors (Lipinski definition) is 6. The van der Waals surface area contributed by atoms with Crippen LogP contribution in [0.15, 0.2) is 5.16 Å². The Morgan fingerprint density at radius 2 is 2.46 bits per heavy atom. The van der Waals surface area contributed by atoms with Crippen LogP contribution in [0.25, 0.3) is 0 Å². The molecule has 1 aromatic rings. The van der Waals surface area contributed by atoms with Gasteiger partial charge in [0.05, 0.1) is 19.8 Å². The van der Waals surface area contributed by atoms with Crippen LogP contribution in [-0.4, -0.2) is 51.4 Å². The minimum atomic E-state index is 0.0445. The van der Waals surface area contributed by atoms with Crippen molar-refractivity contribution >= 4 is 11.8 Å². The number of methoxy groups -OCH3 is 1. The number of hydrogen-bond donors (Lipinski definition) is 1. The maximum absolute atomic E-state index is 8.68. The van der Waals surface area contributed by atoms with Gasteiger partial charge < -0.3 is 9.84 Å². The third kappa shape index (κ3) is 3.29. The molecule has 0 unspecified atom stereocenters. The Hall–Kier alpha value is -0.660. The number of rotatable bonds is 6. The van der Waals surface area contributed by atoms with Gasteiger partial charge in [-0.25, -0.2) is 4.68 Å². The van der Waals surface area contributed by atoms with E-state index in [9.17, 15) is 0 Å². The SMILES string of the molecule is COCCSc1nnnn1CCO. The quantitative estimate of drug-likeness (QED) is 0.493. The lowest BCUT2D eigenvalue weighted by molar-refractivity contribution is 0.218. The van der Waals surface area contributed by atoms with Gasteiger partial charge in [-0.05, 0) is 10.4 Å². The van der Waals surface area contributed by atoms with Crippen LogP contribution in [0.2, 0.25) is 0 Å². The van der Waals surface area contributed by atoms with Crippen molar-refractivity contribution in [3.63, 3.8) is 0 Å². The van der Waals surface area contributed by atoms with Crippen LogP contribution in [0.5, 0.6) is 0 Å². The number of thioether (sulfide) groups is 1. The summed E-state index contributed by atoms with van der Waals surface area (Å²) in [6, 6.07) is 0. The van der Waals surface area contributed by atoms with E-state index in [4.69, 9.17) is 9.84 Å². The molecular weight excluding hydrogens is 192 g/mol. The predicted molar refractivity (Wildman–Crippen MR) is 47.5 cm³/mol. The molecule has 0 amide bonds. The molecular formula is C6H12N4O2S. The number of tetrazole rings is 1. The Kier molecular flexibility index (Phi) is 4.73. The summed E-state index contributed by atoms with van der Waals surface area (Å²) in [7, 11) is 1.65. The molecule has 0 bridgehead atoms. The molecule has 0 aliphatic heterocycles. The molecule has 6 nitrogen and oxygen atoms in total. The Labute approximate surface area is 80.3 Å². The molecule has 0 spiro atoms. The first-order valence-electron chi connectivity index (χ1n) is 3.87. The van der Waals surface area contributed by atoms with E-state index in [1.165, 1.54) is 11.8 Å². The van der Waals surface area contributed by atoms with Crippen molar-refractivity contribution in [3.8, 4) is 0 Å². The van der Waals surface area contributed by atoms with Crippen LogP contribution in [0.4, 0.5) is 0 Å². The molecule has 1 rings (SSSR count). The van der Waals surface area contributed by atoms with Gasteiger partial charge in [-0.15, -0.1) is 5.10 Å². The second-order valence-corrected chi connectivity index (χ2v) is 3.31. The third-order valence-electron chi connectivity index (χ3n) is 1.33. The molecule has 0 saturated carbocycles. The summed E-state index contributed by atoms with van der Waals surface area (Å²) in [6.45, 7) is 1.14. The van der Waals surface area contributed by atoms with Gasteiger partial charge in [-0.3, -0.25) is 0 Å². The predicted octanol–water partition coefficient (Wildman–Crippen LogP) is -0.596. The van der Waals surface area contributed by atoms with Gasteiger partial charge in [0.2, 0.25) is 5.16 Å². The Morgan fingerprint density at radius 3 is 3.15 bits per heavy atom. The summed E-state index contributed by atoms with van der Waals surface area (Å²) in [5, 5.41) is 20.4. The molecule has 0 aromatic carbocycles. The maximum Gasteiger partial charge on any atom is 0.209 e. The molecule has 74 valence electrons. The minimum Gasteiger partial charge on any atom is -0.394 e. The highest BCUT2D eigenvalue weighted by Gasteiger charge is 2.04. The van der Waals surface area contributed by atoms with Crippen LogP contribution in [-0.2, 0) is 11.3 Å². The number of aromatic nitrogens is 4. The fourth-order valence-electron chi connectivity index (χ4n) is 0.751. The molecule has 0 aliphatic carbocycles. The average molecular weight is 204 g/mol. The average Bonchev–Trinajstić information content (AvgIpc) is 2.54. The molecule has 0 radical (unpaired) electrons. The summed E-state index contributed by atoms with van der Waals surface area (Å²) >= 11 is 1.51. The van der Waals surface area contributed by atoms with Gasteiger partial charge >= 0.3 is 0 Å². The lowest BCUT2D eigenvalue weighted by atomic mass is 10.7. The van der Waals surface area contributed by atoms with Crippen molar-refractivity contribution in [1.82, 2.24) is 20.2 Å². The van der Waals surface area contributed by atoms with Crippen molar-refractivity contribution in [1.29, 1.82) is 0 Å². The zero-order chi connectivity index (χ0) is 9.52. The first-order valence-corrected chi connectivity index (χ1v) is 4.85. The lowest BCUT2D eigenvalue weighted by Gasteiger charge is -2.00. The molecule has 0 atom stereocenters. The molecule has 13 heavy (non-hydrogen) atoms.